The number of anilines is 1. The molecule has 1 N–H and O–H groups in total. The molecule has 0 aliphatic carbocycles. The molecule has 1 aromatic heterocycles. The summed E-state index contributed by atoms with van der Waals surface area (Å²) < 4.78 is 1.95. The molecule has 0 fully saturated rings. The Labute approximate surface area is 106 Å². The van der Waals surface area contributed by atoms with Gasteiger partial charge in [0.2, 0.25) is 5.95 Å². The van der Waals surface area contributed by atoms with Crippen LogP contribution in [0.3, 0.4) is 0 Å². The van der Waals surface area contributed by atoms with E-state index in [-0.39, 0.29) is 0 Å². The number of hydrogen-bond donors (Lipinski definition) is 1. The SMILES string of the molecule is C=CCNc1nccn1-c1ccc(C)c(Cl)c1. The van der Waals surface area contributed by atoms with Gasteiger partial charge in [0, 0.05) is 29.6 Å². The van der Waals surface area contributed by atoms with Crippen LogP contribution in [0.15, 0.2) is 43.2 Å². The van der Waals surface area contributed by atoms with E-state index in [0.29, 0.717) is 6.54 Å². The topological polar surface area (TPSA) is 29.9 Å². The number of benzene rings is 1. The molecular weight excluding hydrogens is 234 g/mol. The Morgan fingerprint density at radius 1 is 1.53 bits per heavy atom. The number of hydrogen-bond acceptors (Lipinski definition) is 2. The van der Waals surface area contributed by atoms with Gasteiger partial charge in [-0.2, -0.15) is 0 Å². The maximum absolute atomic E-state index is 6.12. The first-order chi connectivity index (χ1) is 8.22. The van der Waals surface area contributed by atoms with Gasteiger partial charge in [0.25, 0.3) is 0 Å². The minimum atomic E-state index is 0.677. The highest BCUT2D eigenvalue weighted by molar-refractivity contribution is 6.31. The molecule has 0 saturated carbocycles. The average molecular weight is 248 g/mol. The summed E-state index contributed by atoms with van der Waals surface area (Å²) in [5.74, 6) is 0.782. The molecule has 4 heteroatoms. The molecule has 0 bridgehead atoms. The number of imidazole rings is 1. The number of aryl methyl sites for hydroxylation is 1. The molecule has 1 aromatic carbocycles. The largest absolute Gasteiger partial charge is 0.352 e. The van der Waals surface area contributed by atoms with E-state index in [0.717, 1.165) is 22.2 Å². The lowest BCUT2D eigenvalue weighted by Gasteiger charge is -2.09. The van der Waals surface area contributed by atoms with E-state index < -0.39 is 0 Å². The molecule has 2 rings (SSSR count). The van der Waals surface area contributed by atoms with E-state index in [9.17, 15) is 0 Å². The van der Waals surface area contributed by atoms with Crippen LogP contribution >= 0.6 is 11.6 Å². The Hall–Kier alpha value is -1.74. The van der Waals surface area contributed by atoms with Crippen molar-refractivity contribution < 1.29 is 0 Å². The summed E-state index contributed by atoms with van der Waals surface area (Å²) in [6.45, 7) is 6.33. The zero-order valence-electron chi connectivity index (χ0n) is 9.65. The van der Waals surface area contributed by atoms with Crippen LogP contribution in [0.1, 0.15) is 5.56 Å². The first-order valence-corrected chi connectivity index (χ1v) is 5.75. The maximum atomic E-state index is 6.12. The molecule has 0 aliphatic rings. The molecule has 0 spiro atoms. The fraction of sp³-hybridized carbons (Fsp3) is 0.154. The Bertz CT molecular complexity index is 531. The highest BCUT2D eigenvalue weighted by Gasteiger charge is 2.05. The van der Waals surface area contributed by atoms with Crippen LogP contribution in [0.5, 0.6) is 0 Å². The van der Waals surface area contributed by atoms with E-state index in [4.69, 9.17) is 11.6 Å². The van der Waals surface area contributed by atoms with Gasteiger partial charge in [-0.05, 0) is 24.6 Å². The fourth-order valence-corrected chi connectivity index (χ4v) is 1.71. The summed E-state index contributed by atoms with van der Waals surface area (Å²) in [5.41, 5.74) is 2.06. The monoisotopic (exact) mass is 247 g/mol. The molecule has 2 aromatic rings. The first-order valence-electron chi connectivity index (χ1n) is 5.37. The second kappa shape index (κ2) is 5.06. The minimum absolute atomic E-state index is 0.677. The smallest absolute Gasteiger partial charge is 0.207 e. The summed E-state index contributed by atoms with van der Waals surface area (Å²) in [4.78, 5) is 4.24. The molecule has 17 heavy (non-hydrogen) atoms. The van der Waals surface area contributed by atoms with E-state index in [1.165, 1.54) is 0 Å². The summed E-state index contributed by atoms with van der Waals surface area (Å²) in [7, 11) is 0. The van der Waals surface area contributed by atoms with Crippen LogP contribution in [0, 0.1) is 6.92 Å². The highest BCUT2D eigenvalue weighted by atomic mass is 35.5. The molecule has 0 radical (unpaired) electrons. The number of aromatic nitrogens is 2. The number of nitrogens with one attached hydrogen (secondary N) is 1. The van der Waals surface area contributed by atoms with Crippen molar-refractivity contribution in [2.24, 2.45) is 0 Å². The quantitative estimate of drug-likeness (QED) is 0.839. The third kappa shape index (κ3) is 2.50. The molecular formula is C13H14ClN3. The lowest BCUT2D eigenvalue weighted by Crippen LogP contribution is -2.05. The van der Waals surface area contributed by atoms with Crippen molar-refractivity contribution in [3.05, 3.63) is 53.8 Å². The van der Waals surface area contributed by atoms with Gasteiger partial charge >= 0.3 is 0 Å². The summed E-state index contributed by atoms with van der Waals surface area (Å²) in [5, 5.41) is 3.92. The molecule has 0 aliphatic heterocycles. The highest BCUT2D eigenvalue weighted by Crippen LogP contribution is 2.21. The van der Waals surface area contributed by atoms with Gasteiger partial charge < -0.3 is 5.32 Å². The van der Waals surface area contributed by atoms with Crippen molar-refractivity contribution in [3.63, 3.8) is 0 Å². The second-order valence-electron chi connectivity index (χ2n) is 3.72. The molecule has 0 unspecified atom stereocenters. The van der Waals surface area contributed by atoms with E-state index in [1.54, 1.807) is 12.3 Å². The molecule has 88 valence electrons. The number of halogens is 1. The predicted molar refractivity (Wildman–Crippen MR) is 72.0 cm³/mol. The average Bonchev–Trinajstić information content (AvgIpc) is 2.78. The normalized spacial score (nSPS) is 10.2. The zero-order chi connectivity index (χ0) is 12.3. The van der Waals surface area contributed by atoms with Crippen molar-refractivity contribution in [1.29, 1.82) is 0 Å². The van der Waals surface area contributed by atoms with E-state index in [2.05, 4.69) is 16.9 Å². The number of rotatable bonds is 4. The summed E-state index contributed by atoms with van der Waals surface area (Å²) in [6.07, 6.45) is 5.44. The van der Waals surface area contributed by atoms with E-state index >= 15 is 0 Å². The van der Waals surface area contributed by atoms with Crippen molar-refractivity contribution in [3.8, 4) is 5.69 Å². The fourth-order valence-electron chi connectivity index (χ4n) is 1.54. The van der Waals surface area contributed by atoms with E-state index in [1.807, 2.05) is 35.9 Å². The standard InChI is InChI=1S/C13H14ClN3/c1-3-6-15-13-16-7-8-17(13)11-5-4-10(2)12(14)9-11/h3-5,7-9H,1,6H2,2H3,(H,15,16). The lowest BCUT2D eigenvalue weighted by atomic mass is 10.2. The molecule has 0 saturated heterocycles. The molecule has 0 atom stereocenters. The van der Waals surface area contributed by atoms with Crippen LogP contribution in [-0.2, 0) is 0 Å². The summed E-state index contributed by atoms with van der Waals surface area (Å²) in [6, 6.07) is 5.94. The van der Waals surface area contributed by atoms with Crippen molar-refractivity contribution >= 4 is 17.5 Å². The van der Waals surface area contributed by atoms with Gasteiger partial charge in [-0.1, -0.05) is 23.7 Å². The third-order valence-corrected chi connectivity index (χ3v) is 2.89. The number of nitrogens with zero attached hydrogens (tertiary/aromatic N) is 2. The molecule has 1 heterocycles. The van der Waals surface area contributed by atoms with Gasteiger partial charge in [0.05, 0.1) is 0 Å². The minimum Gasteiger partial charge on any atom is -0.352 e. The van der Waals surface area contributed by atoms with Crippen LogP contribution < -0.4 is 5.32 Å². The van der Waals surface area contributed by atoms with Crippen molar-refractivity contribution in [2.45, 2.75) is 6.92 Å². The van der Waals surface area contributed by atoms with Crippen molar-refractivity contribution in [2.75, 3.05) is 11.9 Å². The maximum Gasteiger partial charge on any atom is 0.207 e. The third-order valence-electron chi connectivity index (χ3n) is 2.48. The van der Waals surface area contributed by atoms with Crippen molar-refractivity contribution in [1.82, 2.24) is 9.55 Å². The van der Waals surface area contributed by atoms with Gasteiger partial charge in [0.15, 0.2) is 0 Å². The Morgan fingerprint density at radius 2 is 2.35 bits per heavy atom. The van der Waals surface area contributed by atoms with Gasteiger partial charge in [0.1, 0.15) is 0 Å². The second-order valence-corrected chi connectivity index (χ2v) is 4.13. The van der Waals surface area contributed by atoms with Crippen LogP contribution in [0.4, 0.5) is 5.95 Å². The lowest BCUT2D eigenvalue weighted by molar-refractivity contribution is 1.04. The van der Waals surface area contributed by atoms with Gasteiger partial charge in [-0.3, -0.25) is 4.57 Å². The van der Waals surface area contributed by atoms with Gasteiger partial charge in [-0.15, -0.1) is 6.58 Å². The zero-order valence-corrected chi connectivity index (χ0v) is 10.4. The van der Waals surface area contributed by atoms with Crippen LogP contribution in [-0.4, -0.2) is 16.1 Å². The molecule has 3 nitrogen and oxygen atoms in total. The molecule has 0 amide bonds. The van der Waals surface area contributed by atoms with Crippen LogP contribution in [0.25, 0.3) is 5.69 Å². The summed E-state index contributed by atoms with van der Waals surface area (Å²) >= 11 is 6.12. The van der Waals surface area contributed by atoms with Gasteiger partial charge in [-0.25, -0.2) is 4.98 Å². The van der Waals surface area contributed by atoms with Crippen LogP contribution in [0.2, 0.25) is 5.02 Å². The predicted octanol–water partition coefficient (Wildman–Crippen LogP) is 3.43. The Morgan fingerprint density at radius 3 is 3.06 bits per heavy atom. The Balaban J connectivity index is 2.35. The Kier molecular flexibility index (Phi) is 3.49. The first kappa shape index (κ1) is 11.7.